The number of carboxylic acid groups (broad SMARTS) is 1. The van der Waals surface area contributed by atoms with E-state index in [4.69, 9.17) is 5.11 Å². The highest BCUT2D eigenvalue weighted by molar-refractivity contribution is 5.83. The summed E-state index contributed by atoms with van der Waals surface area (Å²) >= 11 is 0. The molecule has 5 heteroatoms. The van der Waals surface area contributed by atoms with Crippen LogP contribution in [0.15, 0.2) is 0 Å². The molecule has 1 saturated heterocycles. The predicted octanol–water partition coefficient (Wildman–Crippen LogP) is 0.853. The van der Waals surface area contributed by atoms with E-state index >= 15 is 0 Å². The lowest BCUT2D eigenvalue weighted by Crippen LogP contribution is -2.44. The molecule has 0 aromatic heterocycles. The van der Waals surface area contributed by atoms with Crippen molar-refractivity contribution in [1.29, 1.82) is 0 Å². The van der Waals surface area contributed by atoms with Crippen molar-refractivity contribution in [1.82, 2.24) is 9.80 Å². The third kappa shape index (κ3) is 2.61. The topological polar surface area (TPSA) is 60.9 Å². The number of nitrogens with zero attached hydrogens (tertiary/aromatic N) is 2. The lowest BCUT2D eigenvalue weighted by molar-refractivity contribution is -0.142. The molecule has 1 N–H and O–H groups in total. The number of hydrogen-bond donors (Lipinski definition) is 1. The van der Waals surface area contributed by atoms with Gasteiger partial charge in [0.15, 0.2) is 0 Å². The Bertz CT molecular complexity index is 265. The van der Waals surface area contributed by atoms with Crippen LogP contribution in [0.3, 0.4) is 0 Å². The molecule has 1 aliphatic rings. The van der Waals surface area contributed by atoms with E-state index in [9.17, 15) is 9.59 Å². The monoisotopic (exact) mass is 214 g/mol. The van der Waals surface area contributed by atoms with E-state index in [2.05, 4.69) is 0 Å². The largest absolute Gasteiger partial charge is 0.480 e. The van der Waals surface area contributed by atoms with Crippen LogP contribution in [0.25, 0.3) is 0 Å². The predicted molar refractivity (Wildman–Crippen MR) is 55.6 cm³/mol. The van der Waals surface area contributed by atoms with Crippen LogP contribution >= 0.6 is 0 Å². The second-order valence-electron chi connectivity index (χ2n) is 4.38. The molecular formula is C10H18N2O3. The average Bonchev–Trinajstić information content (AvgIpc) is 2.44. The minimum atomic E-state index is -0.910. The smallest absolute Gasteiger partial charge is 0.326 e. The van der Waals surface area contributed by atoms with Crippen LogP contribution in [0, 0.1) is 5.92 Å². The Morgan fingerprint density at radius 1 is 1.47 bits per heavy atom. The highest BCUT2D eigenvalue weighted by Crippen LogP contribution is 2.17. The van der Waals surface area contributed by atoms with Crippen molar-refractivity contribution in [3.05, 3.63) is 0 Å². The van der Waals surface area contributed by atoms with Gasteiger partial charge in [0, 0.05) is 20.1 Å². The molecule has 86 valence electrons. The molecule has 0 aliphatic carbocycles. The SMILES string of the molecule is CC(C)CC(C(=O)O)N1CCN(C)C1=O. The van der Waals surface area contributed by atoms with E-state index in [-0.39, 0.29) is 11.9 Å². The Hall–Kier alpha value is -1.26. The van der Waals surface area contributed by atoms with Crippen LogP contribution in [0.2, 0.25) is 0 Å². The van der Waals surface area contributed by atoms with Crippen LogP contribution in [0.5, 0.6) is 0 Å². The van der Waals surface area contributed by atoms with E-state index in [0.29, 0.717) is 19.5 Å². The van der Waals surface area contributed by atoms with E-state index in [1.54, 1.807) is 11.9 Å². The molecule has 0 aromatic rings. The second kappa shape index (κ2) is 4.51. The molecule has 0 radical (unpaired) electrons. The number of rotatable bonds is 4. The lowest BCUT2D eigenvalue weighted by atomic mass is 10.0. The first-order valence-corrected chi connectivity index (χ1v) is 5.18. The first kappa shape index (κ1) is 11.8. The quantitative estimate of drug-likeness (QED) is 0.754. The Kier molecular flexibility index (Phi) is 3.55. The number of carboxylic acids is 1. The molecule has 2 amide bonds. The molecule has 1 fully saturated rings. The minimum Gasteiger partial charge on any atom is -0.480 e. The summed E-state index contributed by atoms with van der Waals surface area (Å²) in [4.78, 5) is 25.7. The van der Waals surface area contributed by atoms with Gasteiger partial charge in [0.05, 0.1) is 0 Å². The maximum atomic E-state index is 11.6. The van der Waals surface area contributed by atoms with Crippen molar-refractivity contribution >= 4 is 12.0 Å². The molecule has 15 heavy (non-hydrogen) atoms. The Labute approximate surface area is 89.7 Å². The third-order valence-corrected chi connectivity index (χ3v) is 2.60. The Morgan fingerprint density at radius 2 is 2.07 bits per heavy atom. The number of likely N-dealkylation sites (N-methyl/N-ethyl adjacent to an activating group) is 1. The van der Waals surface area contributed by atoms with Crippen LogP contribution < -0.4 is 0 Å². The summed E-state index contributed by atoms with van der Waals surface area (Å²) in [6.07, 6.45) is 0.509. The molecule has 1 aliphatic heterocycles. The fraction of sp³-hybridized carbons (Fsp3) is 0.800. The van der Waals surface area contributed by atoms with Crippen molar-refractivity contribution in [2.45, 2.75) is 26.3 Å². The van der Waals surface area contributed by atoms with Gasteiger partial charge < -0.3 is 14.9 Å². The van der Waals surface area contributed by atoms with E-state index < -0.39 is 12.0 Å². The van der Waals surface area contributed by atoms with Crippen molar-refractivity contribution in [2.24, 2.45) is 5.92 Å². The summed E-state index contributed by atoms with van der Waals surface area (Å²) in [5, 5.41) is 9.07. The van der Waals surface area contributed by atoms with E-state index in [1.165, 1.54) is 4.90 Å². The van der Waals surface area contributed by atoms with Gasteiger partial charge in [-0.15, -0.1) is 0 Å². The third-order valence-electron chi connectivity index (χ3n) is 2.60. The van der Waals surface area contributed by atoms with E-state index in [0.717, 1.165) is 0 Å². The second-order valence-corrected chi connectivity index (χ2v) is 4.38. The number of amides is 2. The lowest BCUT2D eigenvalue weighted by Gasteiger charge is -2.25. The van der Waals surface area contributed by atoms with Crippen LogP contribution in [0.1, 0.15) is 20.3 Å². The Morgan fingerprint density at radius 3 is 2.40 bits per heavy atom. The van der Waals surface area contributed by atoms with Gasteiger partial charge in [0.1, 0.15) is 6.04 Å². The number of urea groups is 1. The van der Waals surface area contributed by atoms with Gasteiger partial charge >= 0.3 is 12.0 Å². The van der Waals surface area contributed by atoms with Gasteiger partial charge in [-0.25, -0.2) is 9.59 Å². The maximum absolute atomic E-state index is 11.6. The minimum absolute atomic E-state index is 0.178. The highest BCUT2D eigenvalue weighted by atomic mass is 16.4. The molecule has 0 spiro atoms. The number of hydrogen-bond acceptors (Lipinski definition) is 2. The molecule has 1 heterocycles. The Balaban J connectivity index is 2.72. The normalized spacial score (nSPS) is 18.8. The number of carbonyl (C=O) groups excluding carboxylic acids is 1. The van der Waals surface area contributed by atoms with Crippen molar-refractivity contribution in [3.63, 3.8) is 0 Å². The fourth-order valence-electron chi connectivity index (χ4n) is 1.77. The van der Waals surface area contributed by atoms with Crippen LogP contribution in [-0.4, -0.2) is 53.1 Å². The fourth-order valence-corrected chi connectivity index (χ4v) is 1.77. The summed E-state index contributed by atoms with van der Waals surface area (Å²) in [6.45, 7) is 5.04. The van der Waals surface area contributed by atoms with Gasteiger partial charge in [-0.3, -0.25) is 0 Å². The summed E-state index contributed by atoms with van der Waals surface area (Å²) < 4.78 is 0. The molecule has 1 atom stereocenters. The summed E-state index contributed by atoms with van der Waals surface area (Å²) in [5.41, 5.74) is 0. The molecular weight excluding hydrogens is 196 g/mol. The van der Waals surface area contributed by atoms with Crippen molar-refractivity contribution in [3.8, 4) is 0 Å². The molecule has 5 nitrogen and oxygen atoms in total. The van der Waals surface area contributed by atoms with Crippen LogP contribution in [0.4, 0.5) is 4.79 Å². The van der Waals surface area contributed by atoms with Crippen molar-refractivity contribution in [2.75, 3.05) is 20.1 Å². The summed E-state index contributed by atoms with van der Waals surface area (Å²) in [7, 11) is 1.69. The highest BCUT2D eigenvalue weighted by Gasteiger charge is 2.35. The molecule has 0 aromatic carbocycles. The van der Waals surface area contributed by atoms with Crippen molar-refractivity contribution < 1.29 is 14.7 Å². The van der Waals surface area contributed by atoms with Crippen LogP contribution in [-0.2, 0) is 4.79 Å². The van der Waals surface area contributed by atoms with Gasteiger partial charge in [0.2, 0.25) is 0 Å². The van der Waals surface area contributed by atoms with Gasteiger partial charge in [-0.05, 0) is 12.3 Å². The van der Waals surface area contributed by atoms with Gasteiger partial charge in [0.25, 0.3) is 0 Å². The average molecular weight is 214 g/mol. The molecule has 1 rings (SSSR count). The first-order chi connectivity index (χ1) is 6.93. The summed E-state index contributed by atoms with van der Waals surface area (Å²) in [5.74, 6) is -0.642. The zero-order valence-electron chi connectivity index (χ0n) is 9.43. The number of carbonyl (C=O) groups is 2. The summed E-state index contributed by atoms with van der Waals surface area (Å²) in [6, 6.07) is -0.856. The standard InChI is InChI=1S/C10H18N2O3/c1-7(2)6-8(9(13)14)12-5-4-11(3)10(12)15/h7-8H,4-6H2,1-3H3,(H,13,14). The van der Waals surface area contributed by atoms with Gasteiger partial charge in [-0.2, -0.15) is 0 Å². The first-order valence-electron chi connectivity index (χ1n) is 5.18. The molecule has 1 unspecified atom stereocenters. The zero-order valence-corrected chi connectivity index (χ0v) is 9.43. The number of aliphatic carboxylic acids is 1. The zero-order chi connectivity index (χ0) is 11.6. The van der Waals surface area contributed by atoms with E-state index in [1.807, 2.05) is 13.8 Å². The molecule has 0 saturated carbocycles. The van der Waals surface area contributed by atoms with Gasteiger partial charge in [-0.1, -0.05) is 13.8 Å². The molecule has 0 bridgehead atoms. The maximum Gasteiger partial charge on any atom is 0.326 e.